The molecule has 11 heteroatoms. The van der Waals surface area contributed by atoms with Gasteiger partial charge in [0.15, 0.2) is 0 Å². The summed E-state index contributed by atoms with van der Waals surface area (Å²) in [5.41, 5.74) is -2.26. The van der Waals surface area contributed by atoms with Gasteiger partial charge in [-0.05, 0) is 24.3 Å². The lowest BCUT2D eigenvalue weighted by Crippen LogP contribution is -2.36. The van der Waals surface area contributed by atoms with Crippen molar-refractivity contribution < 1.29 is 28.2 Å². The van der Waals surface area contributed by atoms with Gasteiger partial charge in [0.05, 0.1) is 22.3 Å². The van der Waals surface area contributed by atoms with Gasteiger partial charge in [0.25, 0.3) is 0 Å². The summed E-state index contributed by atoms with van der Waals surface area (Å²) >= 11 is 12.3. The maximum Gasteiger partial charge on any atom is 0.341 e. The van der Waals surface area contributed by atoms with Crippen molar-refractivity contribution in [2.45, 2.75) is 5.54 Å². The normalized spacial score (nSPS) is 18.2. The van der Waals surface area contributed by atoms with Gasteiger partial charge in [-0.15, -0.1) is 0 Å². The first kappa shape index (κ1) is 21.8. The number of nitrogens with zero attached hydrogens (tertiary/aromatic N) is 1. The number of nitrogens with one attached hydrogen (secondary N) is 1. The summed E-state index contributed by atoms with van der Waals surface area (Å²) in [6.07, 6.45) is 2.77. The van der Waals surface area contributed by atoms with Crippen LogP contribution in [0.1, 0.15) is 5.56 Å². The molecule has 0 aliphatic carbocycles. The minimum atomic E-state index is -3.76. The number of carboxylic acid groups (broad SMARTS) is 2. The maximum atomic E-state index is 12.6. The van der Waals surface area contributed by atoms with Crippen LogP contribution in [0.3, 0.4) is 0 Å². The van der Waals surface area contributed by atoms with Gasteiger partial charge in [0.1, 0.15) is 0 Å². The molecule has 0 radical (unpaired) electrons. The third-order valence-electron chi connectivity index (χ3n) is 4.30. The van der Waals surface area contributed by atoms with E-state index in [0.717, 1.165) is 18.4 Å². The molecule has 1 atom stereocenters. The number of rotatable bonds is 6. The highest BCUT2D eigenvalue weighted by Crippen LogP contribution is 2.41. The number of benzene rings is 2. The molecule has 0 amide bonds. The van der Waals surface area contributed by atoms with Crippen LogP contribution in [0.2, 0.25) is 10.0 Å². The summed E-state index contributed by atoms with van der Waals surface area (Å²) in [4.78, 5) is 28.1. The van der Waals surface area contributed by atoms with E-state index in [-0.39, 0.29) is 37.4 Å². The van der Waals surface area contributed by atoms with Crippen molar-refractivity contribution >= 4 is 56.4 Å². The first-order valence-electron chi connectivity index (χ1n) is 8.27. The Labute approximate surface area is 180 Å². The number of carbonyl (C=O) groups is 2. The van der Waals surface area contributed by atoms with E-state index in [1.54, 1.807) is 0 Å². The molecule has 1 aliphatic rings. The van der Waals surface area contributed by atoms with E-state index < -0.39 is 27.5 Å². The second-order valence-electron chi connectivity index (χ2n) is 6.41. The molecule has 30 heavy (non-hydrogen) atoms. The van der Waals surface area contributed by atoms with Gasteiger partial charge in [0, 0.05) is 27.5 Å². The standard InChI is InChI=1S/C19H14Cl2N2O6S/c1-30(28,29)23-14-5-3-2-4-11(14)19(18(26)27)12(6-7-16(24)25)17-13(21)8-10(20)9-15(17)22-19/h2-9,23H,1H3,(H,24,25)(H,26,27). The monoisotopic (exact) mass is 468 g/mol. The van der Waals surface area contributed by atoms with Gasteiger partial charge in [-0.25, -0.2) is 18.0 Å². The quantitative estimate of drug-likeness (QED) is 0.553. The Morgan fingerprint density at radius 1 is 1.17 bits per heavy atom. The number of aliphatic carboxylic acids is 2. The number of carboxylic acids is 2. The molecule has 2 aromatic carbocycles. The fourth-order valence-electron chi connectivity index (χ4n) is 3.27. The molecule has 3 N–H and O–H groups in total. The van der Waals surface area contributed by atoms with E-state index in [0.29, 0.717) is 0 Å². The van der Waals surface area contributed by atoms with Gasteiger partial charge in [0.2, 0.25) is 15.6 Å². The fraction of sp³-hybridized carbons (Fsp3) is 0.105. The number of anilines is 1. The van der Waals surface area contributed by atoms with Crippen LogP contribution < -0.4 is 15.3 Å². The van der Waals surface area contributed by atoms with Crippen LogP contribution in [-0.4, -0.2) is 36.8 Å². The molecule has 0 fully saturated rings. The Bertz CT molecular complexity index is 1340. The maximum absolute atomic E-state index is 12.6. The molecule has 2 aromatic rings. The fourth-order valence-corrected chi connectivity index (χ4v) is 4.43. The highest BCUT2D eigenvalue weighted by atomic mass is 35.5. The van der Waals surface area contributed by atoms with Crippen LogP contribution in [-0.2, 0) is 25.2 Å². The molecule has 0 bridgehead atoms. The summed E-state index contributed by atoms with van der Waals surface area (Å²) in [5, 5.41) is 20.0. The zero-order valence-corrected chi connectivity index (χ0v) is 17.6. The van der Waals surface area contributed by atoms with Crippen LogP contribution in [0, 0.1) is 0 Å². The van der Waals surface area contributed by atoms with Gasteiger partial charge < -0.3 is 10.2 Å². The van der Waals surface area contributed by atoms with Crippen LogP contribution in [0.4, 0.5) is 5.69 Å². The van der Waals surface area contributed by atoms with Crippen molar-refractivity contribution in [3.63, 3.8) is 0 Å². The second-order valence-corrected chi connectivity index (χ2v) is 9.01. The average Bonchev–Trinajstić information content (AvgIpc) is 2.94. The van der Waals surface area contributed by atoms with Gasteiger partial charge in [-0.3, -0.25) is 9.71 Å². The third-order valence-corrected chi connectivity index (χ3v) is 5.40. The molecule has 1 aliphatic heterocycles. The first-order valence-corrected chi connectivity index (χ1v) is 10.9. The van der Waals surface area contributed by atoms with Crippen molar-refractivity contribution in [2.75, 3.05) is 11.0 Å². The molecule has 0 aromatic heterocycles. The molecule has 0 saturated heterocycles. The average molecular weight is 469 g/mol. The number of para-hydroxylation sites is 1. The lowest BCUT2D eigenvalue weighted by molar-refractivity contribution is -0.141. The highest BCUT2D eigenvalue weighted by Gasteiger charge is 2.48. The lowest BCUT2D eigenvalue weighted by atomic mass is 9.82. The number of sulfonamides is 1. The zero-order valence-electron chi connectivity index (χ0n) is 15.3. The smallest absolute Gasteiger partial charge is 0.341 e. The van der Waals surface area contributed by atoms with Gasteiger partial charge in [-0.1, -0.05) is 41.4 Å². The van der Waals surface area contributed by atoms with Crippen molar-refractivity contribution in [2.24, 2.45) is 4.99 Å². The molecule has 1 heterocycles. The summed E-state index contributed by atoms with van der Waals surface area (Å²) < 4.78 is 25.9. The van der Waals surface area contributed by atoms with E-state index >= 15 is 0 Å². The Morgan fingerprint density at radius 3 is 2.43 bits per heavy atom. The Morgan fingerprint density at radius 2 is 1.83 bits per heavy atom. The molecule has 156 valence electrons. The predicted molar refractivity (Wildman–Crippen MR) is 112 cm³/mol. The van der Waals surface area contributed by atoms with E-state index in [1.165, 1.54) is 36.4 Å². The van der Waals surface area contributed by atoms with Crippen molar-refractivity contribution in [3.05, 3.63) is 74.7 Å². The summed E-state index contributed by atoms with van der Waals surface area (Å²) in [6.45, 7) is 0. The van der Waals surface area contributed by atoms with Crippen LogP contribution in [0.5, 0.6) is 0 Å². The van der Waals surface area contributed by atoms with E-state index in [9.17, 15) is 23.1 Å². The summed E-state index contributed by atoms with van der Waals surface area (Å²) in [6, 6.07) is 8.58. The minimum absolute atomic E-state index is 0.0173. The number of hydrogen-bond acceptors (Lipinski definition) is 5. The van der Waals surface area contributed by atoms with Crippen LogP contribution in [0.15, 0.2) is 53.5 Å². The molecule has 0 spiro atoms. The molecule has 0 saturated carbocycles. The lowest BCUT2D eigenvalue weighted by Gasteiger charge is -2.27. The second kappa shape index (κ2) is 7.75. The number of hydrogen-bond donors (Lipinski definition) is 3. The van der Waals surface area contributed by atoms with Crippen molar-refractivity contribution in [3.8, 4) is 0 Å². The Kier molecular flexibility index (Phi) is 5.64. The van der Waals surface area contributed by atoms with E-state index in [4.69, 9.17) is 28.3 Å². The Hall–Kier alpha value is -2.88. The highest BCUT2D eigenvalue weighted by molar-refractivity contribution is 7.92. The van der Waals surface area contributed by atoms with Crippen LogP contribution >= 0.6 is 23.2 Å². The molecule has 8 nitrogen and oxygen atoms in total. The predicted octanol–water partition coefficient (Wildman–Crippen LogP) is 1.77. The largest absolute Gasteiger partial charge is 0.479 e. The minimum Gasteiger partial charge on any atom is -0.479 e. The third kappa shape index (κ3) is 3.91. The van der Waals surface area contributed by atoms with Gasteiger partial charge >= 0.3 is 11.9 Å². The van der Waals surface area contributed by atoms with Crippen molar-refractivity contribution in [1.29, 1.82) is 0 Å². The molecular formula is C19H14Cl2N2O6S. The first-order chi connectivity index (χ1) is 14.0. The van der Waals surface area contributed by atoms with E-state index in [2.05, 4.69) is 9.71 Å². The van der Waals surface area contributed by atoms with Crippen LogP contribution in [0.25, 0.3) is 5.57 Å². The summed E-state index contributed by atoms with van der Waals surface area (Å²) in [7, 11) is -3.76. The SMILES string of the molecule is CS(=O)(=O)Nc1ccccc1C1(C(=O)O)N=c2cc(Cl)cc(Cl)c2=C1C=CC(=O)O. The zero-order chi connectivity index (χ0) is 22.3. The van der Waals surface area contributed by atoms with Gasteiger partial charge in [-0.2, -0.15) is 0 Å². The topological polar surface area (TPSA) is 133 Å². The molecule has 1 unspecified atom stereocenters. The molecular weight excluding hydrogens is 455 g/mol. The molecule has 3 rings (SSSR count). The van der Waals surface area contributed by atoms with E-state index in [1.807, 2.05) is 0 Å². The Balaban J connectivity index is 2.49. The van der Waals surface area contributed by atoms with Crippen molar-refractivity contribution in [1.82, 2.24) is 0 Å². The number of fused-ring (bicyclic) bond motifs is 1. The number of halogens is 2. The summed E-state index contributed by atoms with van der Waals surface area (Å²) in [5.74, 6) is -2.78.